The quantitative estimate of drug-likeness (QED) is 0.819. The Morgan fingerprint density at radius 3 is 2.67 bits per heavy atom. The Balaban J connectivity index is 1.71. The molecule has 0 amide bonds. The van der Waals surface area contributed by atoms with Crippen LogP contribution in [0.4, 0.5) is 0 Å². The van der Waals surface area contributed by atoms with Crippen LogP contribution in [0.5, 0.6) is 0 Å². The van der Waals surface area contributed by atoms with Gasteiger partial charge in [0.2, 0.25) is 0 Å². The lowest BCUT2D eigenvalue weighted by Crippen LogP contribution is -2.36. The van der Waals surface area contributed by atoms with Crippen LogP contribution in [0.2, 0.25) is 0 Å². The maximum atomic E-state index is 3.76. The number of nitrogens with one attached hydrogen (secondary N) is 1. The zero-order valence-electron chi connectivity index (χ0n) is 10.9. The zero-order valence-corrected chi connectivity index (χ0v) is 13.1. The van der Waals surface area contributed by atoms with Gasteiger partial charge in [0.1, 0.15) is 0 Å². The summed E-state index contributed by atoms with van der Waals surface area (Å²) >= 11 is 2.37. The summed E-state index contributed by atoms with van der Waals surface area (Å²) in [7, 11) is 0. The maximum Gasteiger partial charge on any atom is 0.0320 e. The smallest absolute Gasteiger partial charge is 0.0320 e. The maximum absolute atomic E-state index is 3.76. The highest BCUT2D eigenvalue weighted by atomic mass is 127. The fraction of sp³-hybridized carbons (Fsp3) is 0.600. The third kappa shape index (κ3) is 2.73. The average Bonchev–Trinajstić information content (AvgIpc) is 2.69. The summed E-state index contributed by atoms with van der Waals surface area (Å²) in [6.07, 6.45) is 4.06. The first-order chi connectivity index (χ1) is 8.72. The SMILES string of the molecule is CC(c1ccc(I)cc1)N1CCC2CCC(C1)N2. The zero-order chi connectivity index (χ0) is 12.5. The molecule has 1 aromatic carbocycles. The second-order valence-electron chi connectivity index (χ2n) is 5.65. The average molecular weight is 356 g/mol. The number of hydrogen-bond acceptors (Lipinski definition) is 2. The van der Waals surface area contributed by atoms with E-state index in [0.717, 1.165) is 12.1 Å². The largest absolute Gasteiger partial charge is 0.310 e. The van der Waals surface area contributed by atoms with E-state index in [4.69, 9.17) is 0 Å². The molecule has 2 saturated heterocycles. The number of rotatable bonds is 2. The number of fused-ring (bicyclic) bond motifs is 2. The Hall–Kier alpha value is -0.130. The van der Waals surface area contributed by atoms with Crippen molar-refractivity contribution in [1.82, 2.24) is 10.2 Å². The molecule has 3 atom stereocenters. The molecule has 0 saturated carbocycles. The van der Waals surface area contributed by atoms with Crippen molar-refractivity contribution >= 4 is 22.6 Å². The first-order valence-electron chi connectivity index (χ1n) is 6.98. The number of hydrogen-bond donors (Lipinski definition) is 1. The first kappa shape index (κ1) is 12.9. The van der Waals surface area contributed by atoms with Gasteiger partial charge < -0.3 is 5.32 Å². The predicted molar refractivity (Wildman–Crippen MR) is 83.7 cm³/mol. The van der Waals surface area contributed by atoms with E-state index in [1.165, 1.54) is 41.5 Å². The molecule has 2 aliphatic heterocycles. The molecule has 2 heterocycles. The van der Waals surface area contributed by atoms with Crippen LogP contribution in [0.3, 0.4) is 0 Å². The minimum Gasteiger partial charge on any atom is -0.310 e. The first-order valence-corrected chi connectivity index (χ1v) is 8.06. The highest BCUT2D eigenvalue weighted by molar-refractivity contribution is 14.1. The lowest BCUT2D eigenvalue weighted by molar-refractivity contribution is 0.200. The van der Waals surface area contributed by atoms with Crippen LogP contribution < -0.4 is 5.32 Å². The van der Waals surface area contributed by atoms with E-state index in [1.807, 2.05) is 0 Å². The van der Waals surface area contributed by atoms with Gasteiger partial charge in [0, 0.05) is 34.8 Å². The Bertz CT molecular complexity index is 403. The number of halogens is 1. The van der Waals surface area contributed by atoms with Gasteiger partial charge >= 0.3 is 0 Å². The second kappa shape index (κ2) is 5.47. The van der Waals surface area contributed by atoms with Crippen LogP contribution in [-0.2, 0) is 0 Å². The standard InChI is InChI=1S/C15H21IN2/c1-11(12-2-4-13(16)5-3-12)18-9-8-14-6-7-15(10-18)17-14/h2-5,11,14-15,17H,6-10H2,1H3. The predicted octanol–water partition coefficient (Wildman–Crippen LogP) is 3.18. The Kier molecular flexibility index (Phi) is 3.91. The van der Waals surface area contributed by atoms with Crippen molar-refractivity contribution in [3.8, 4) is 0 Å². The van der Waals surface area contributed by atoms with Crippen molar-refractivity contribution in [3.63, 3.8) is 0 Å². The molecule has 2 bridgehead atoms. The van der Waals surface area contributed by atoms with E-state index in [1.54, 1.807) is 0 Å². The molecule has 0 spiro atoms. The molecule has 0 aromatic heterocycles. The summed E-state index contributed by atoms with van der Waals surface area (Å²) in [6, 6.07) is 11.0. The molecular formula is C15H21IN2. The minimum atomic E-state index is 0.545. The van der Waals surface area contributed by atoms with Crippen molar-refractivity contribution in [2.75, 3.05) is 13.1 Å². The fourth-order valence-corrected chi connectivity index (χ4v) is 3.63. The Labute approximate surface area is 123 Å². The second-order valence-corrected chi connectivity index (χ2v) is 6.89. The third-order valence-electron chi connectivity index (χ3n) is 4.45. The van der Waals surface area contributed by atoms with Gasteiger partial charge in [0.05, 0.1) is 0 Å². The van der Waals surface area contributed by atoms with Gasteiger partial charge in [-0.1, -0.05) is 12.1 Å². The molecule has 3 heteroatoms. The highest BCUT2D eigenvalue weighted by Gasteiger charge is 2.31. The van der Waals surface area contributed by atoms with Gasteiger partial charge in [-0.15, -0.1) is 0 Å². The van der Waals surface area contributed by atoms with Crippen LogP contribution >= 0.6 is 22.6 Å². The summed E-state index contributed by atoms with van der Waals surface area (Å²) in [5, 5.41) is 3.76. The summed E-state index contributed by atoms with van der Waals surface area (Å²) in [5.41, 5.74) is 1.45. The van der Waals surface area contributed by atoms with Crippen molar-refractivity contribution in [2.45, 2.75) is 44.3 Å². The fourth-order valence-electron chi connectivity index (χ4n) is 3.27. The van der Waals surface area contributed by atoms with Crippen LogP contribution in [-0.4, -0.2) is 30.1 Å². The van der Waals surface area contributed by atoms with Gasteiger partial charge in [-0.3, -0.25) is 4.90 Å². The topological polar surface area (TPSA) is 15.3 Å². The van der Waals surface area contributed by atoms with Gasteiger partial charge in [-0.05, 0) is 66.5 Å². The van der Waals surface area contributed by atoms with E-state index in [-0.39, 0.29) is 0 Å². The van der Waals surface area contributed by atoms with E-state index in [0.29, 0.717) is 6.04 Å². The number of benzene rings is 1. The van der Waals surface area contributed by atoms with Gasteiger partial charge in [-0.25, -0.2) is 0 Å². The monoisotopic (exact) mass is 356 g/mol. The van der Waals surface area contributed by atoms with Crippen molar-refractivity contribution in [3.05, 3.63) is 33.4 Å². The van der Waals surface area contributed by atoms with E-state index < -0.39 is 0 Å². The van der Waals surface area contributed by atoms with E-state index in [9.17, 15) is 0 Å². The van der Waals surface area contributed by atoms with Crippen molar-refractivity contribution in [1.29, 1.82) is 0 Å². The molecule has 2 aliphatic rings. The molecule has 2 nitrogen and oxygen atoms in total. The lowest BCUT2D eigenvalue weighted by atomic mass is 10.0. The summed E-state index contributed by atoms with van der Waals surface area (Å²) in [6.45, 7) is 4.80. The Morgan fingerprint density at radius 2 is 1.89 bits per heavy atom. The molecule has 0 radical (unpaired) electrons. The van der Waals surface area contributed by atoms with Crippen LogP contribution in [0.1, 0.15) is 37.8 Å². The molecule has 1 N–H and O–H groups in total. The van der Waals surface area contributed by atoms with Gasteiger partial charge in [0.15, 0.2) is 0 Å². The summed E-state index contributed by atoms with van der Waals surface area (Å²) in [4.78, 5) is 2.65. The molecule has 3 unspecified atom stereocenters. The van der Waals surface area contributed by atoms with Crippen molar-refractivity contribution < 1.29 is 0 Å². The lowest BCUT2D eigenvalue weighted by Gasteiger charge is -2.30. The Morgan fingerprint density at radius 1 is 1.17 bits per heavy atom. The van der Waals surface area contributed by atoms with Crippen LogP contribution in [0.15, 0.2) is 24.3 Å². The molecule has 0 aliphatic carbocycles. The number of likely N-dealkylation sites (tertiary alicyclic amines) is 1. The third-order valence-corrected chi connectivity index (χ3v) is 5.17. The van der Waals surface area contributed by atoms with E-state index in [2.05, 4.69) is 64.0 Å². The van der Waals surface area contributed by atoms with Gasteiger partial charge in [-0.2, -0.15) is 0 Å². The van der Waals surface area contributed by atoms with E-state index >= 15 is 0 Å². The number of nitrogens with zero attached hydrogens (tertiary/aromatic N) is 1. The molecule has 3 rings (SSSR count). The molecule has 98 valence electrons. The van der Waals surface area contributed by atoms with Crippen molar-refractivity contribution in [2.24, 2.45) is 0 Å². The minimum absolute atomic E-state index is 0.545. The molecule has 2 fully saturated rings. The van der Waals surface area contributed by atoms with Crippen LogP contribution in [0, 0.1) is 3.57 Å². The molecule has 1 aromatic rings. The summed E-state index contributed by atoms with van der Waals surface area (Å²) < 4.78 is 1.32. The normalized spacial score (nSPS) is 30.1. The summed E-state index contributed by atoms with van der Waals surface area (Å²) in [5.74, 6) is 0. The molecular weight excluding hydrogens is 335 g/mol. The molecule has 18 heavy (non-hydrogen) atoms. The van der Waals surface area contributed by atoms with Gasteiger partial charge in [0.25, 0.3) is 0 Å². The van der Waals surface area contributed by atoms with Crippen LogP contribution in [0.25, 0.3) is 0 Å². The highest BCUT2D eigenvalue weighted by Crippen LogP contribution is 2.27.